The Morgan fingerprint density at radius 3 is 2.64 bits per heavy atom. The number of thiophene rings is 1. The van der Waals surface area contributed by atoms with E-state index in [0.29, 0.717) is 10.6 Å². The highest BCUT2D eigenvalue weighted by molar-refractivity contribution is 7.13. The van der Waals surface area contributed by atoms with Crippen LogP contribution in [0.4, 0.5) is 11.4 Å². The summed E-state index contributed by atoms with van der Waals surface area (Å²) < 4.78 is 4.97. The van der Waals surface area contributed by atoms with E-state index in [9.17, 15) is 14.9 Å². The van der Waals surface area contributed by atoms with Gasteiger partial charge in [-0.05, 0) is 30.5 Å². The molecule has 0 saturated carbocycles. The Balaban J connectivity index is 2.19. The lowest BCUT2D eigenvalue weighted by atomic mass is 10.3. The van der Waals surface area contributed by atoms with Gasteiger partial charge in [0.15, 0.2) is 5.71 Å². The molecule has 0 bridgehead atoms. The number of nitro benzene ring substituents is 1. The van der Waals surface area contributed by atoms with E-state index >= 15 is 0 Å². The van der Waals surface area contributed by atoms with Gasteiger partial charge >= 0.3 is 5.97 Å². The second-order valence-electron chi connectivity index (χ2n) is 4.07. The van der Waals surface area contributed by atoms with Gasteiger partial charge in [0, 0.05) is 12.1 Å². The standard InChI is InChI=1S/C14H13N3O4S/c1-2-21-14(18)13(12-4-3-9-22-12)16-15-10-5-7-11(8-6-10)17(19)20/h3-9,15H,2H2,1H3/b16-13-. The number of nitrogens with one attached hydrogen (secondary N) is 1. The zero-order valence-corrected chi connectivity index (χ0v) is 12.5. The van der Waals surface area contributed by atoms with Crippen LogP contribution in [0, 0.1) is 10.1 Å². The van der Waals surface area contributed by atoms with E-state index in [-0.39, 0.29) is 18.0 Å². The van der Waals surface area contributed by atoms with E-state index in [1.54, 1.807) is 19.1 Å². The molecule has 0 unspecified atom stereocenters. The minimum Gasteiger partial charge on any atom is -0.461 e. The van der Waals surface area contributed by atoms with E-state index in [0.717, 1.165) is 0 Å². The zero-order chi connectivity index (χ0) is 15.9. The fourth-order valence-corrected chi connectivity index (χ4v) is 2.29. The number of hydrogen-bond acceptors (Lipinski definition) is 7. The molecule has 1 aromatic heterocycles. The predicted molar refractivity (Wildman–Crippen MR) is 84.2 cm³/mol. The number of hydrazone groups is 1. The van der Waals surface area contributed by atoms with Crippen LogP contribution in [0.15, 0.2) is 46.9 Å². The molecule has 1 heterocycles. The van der Waals surface area contributed by atoms with Gasteiger partial charge in [-0.25, -0.2) is 4.79 Å². The summed E-state index contributed by atoms with van der Waals surface area (Å²) in [5, 5.41) is 16.5. The van der Waals surface area contributed by atoms with Crippen LogP contribution in [-0.4, -0.2) is 23.2 Å². The molecule has 0 aliphatic heterocycles. The average Bonchev–Trinajstić information content (AvgIpc) is 3.02. The van der Waals surface area contributed by atoms with Crippen LogP contribution in [0.5, 0.6) is 0 Å². The van der Waals surface area contributed by atoms with Crippen molar-refractivity contribution in [1.82, 2.24) is 0 Å². The van der Waals surface area contributed by atoms with Gasteiger partial charge in [0.25, 0.3) is 5.69 Å². The van der Waals surface area contributed by atoms with E-state index in [4.69, 9.17) is 4.74 Å². The molecule has 8 heteroatoms. The van der Waals surface area contributed by atoms with Gasteiger partial charge in [0.05, 0.1) is 22.1 Å². The molecule has 0 aliphatic rings. The summed E-state index contributed by atoms with van der Waals surface area (Å²) >= 11 is 1.37. The van der Waals surface area contributed by atoms with E-state index in [1.165, 1.54) is 35.6 Å². The minimum atomic E-state index is -0.528. The Morgan fingerprint density at radius 1 is 1.36 bits per heavy atom. The molecule has 22 heavy (non-hydrogen) atoms. The maximum absolute atomic E-state index is 11.9. The quantitative estimate of drug-likeness (QED) is 0.382. The highest BCUT2D eigenvalue weighted by Crippen LogP contribution is 2.16. The first-order valence-corrected chi connectivity index (χ1v) is 7.29. The maximum atomic E-state index is 11.9. The second-order valence-corrected chi connectivity index (χ2v) is 5.02. The number of non-ortho nitro benzene ring substituents is 1. The summed E-state index contributed by atoms with van der Waals surface area (Å²) in [5.41, 5.74) is 3.39. The molecule has 7 nitrogen and oxygen atoms in total. The van der Waals surface area contributed by atoms with Crippen molar-refractivity contribution in [2.24, 2.45) is 5.10 Å². The Morgan fingerprint density at radius 2 is 2.09 bits per heavy atom. The molecule has 0 fully saturated rings. The van der Waals surface area contributed by atoms with Gasteiger partial charge in [-0.15, -0.1) is 11.3 Å². The highest BCUT2D eigenvalue weighted by atomic mass is 32.1. The molecular formula is C14H13N3O4S. The van der Waals surface area contributed by atoms with Gasteiger partial charge in [0.2, 0.25) is 0 Å². The Hall–Kier alpha value is -2.74. The van der Waals surface area contributed by atoms with E-state index in [2.05, 4.69) is 10.5 Å². The van der Waals surface area contributed by atoms with Crippen molar-refractivity contribution in [1.29, 1.82) is 0 Å². The summed E-state index contributed by atoms with van der Waals surface area (Å²) in [6, 6.07) is 9.30. The number of nitrogens with zero attached hydrogens (tertiary/aromatic N) is 2. The molecule has 0 spiro atoms. The SMILES string of the molecule is CCOC(=O)/C(=N\Nc1ccc([N+](=O)[O-])cc1)c1cccs1. The summed E-state index contributed by atoms with van der Waals surface area (Å²) in [5.74, 6) is -0.528. The lowest BCUT2D eigenvalue weighted by molar-refractivity contribution is -0.384. The highest BCUT2D eigenvalue weighted by Gasteiger charge is 2.16. The number of anilines is 1. The van der Waals surface area contributed by atoms with Crippen molar-refractivity contribution < 1.29 is 14.5 Å². The Bertz CT molecular complexity index is 681. The first-order valence-electron chi connectivity index (χ1n) is 6.41. The number of hydrogen-bond donors (Lipinski definition) is 1. The van der Waals surface area contributed by atoms with Crippen LogP contribution >= 0.6 is 11.3 Å². The normalized spacial score (nSPS) is 11.0. The molecule has 1 aromatic carbocycles. The van der Waals surface area contributed by atoms with Crippen LogP contribution in [0.25, 0.3) is 0 Å². The fraction of sp³-hybridized carbons (Fsp3) is 0.143. The number of nitro groups is 1. The van der Waals surface area contributed by atoms with Crippen molar-refractivity contribution >= 4 is 34.4 Å². The van der Waals surface area contributed by atoms with Crippen LogP contribution in [0.2, 0.25) is 0 Å². The molecule has 1 N–H and O–H groups in total. The fourth-order valence-electron chi connectivity index (χ4n) is 1.59. The van der Waals surface area contributed by atoms with Gasteiger partial charge in [-0.2, -0.15) is 5.10 Å². The van der Waals surface area contributed by atoms with Gasteiger partial charge in [0.1, 0.15) is 0 Å². The van der Waals surface area contributed by atoms with Crippen LogP contribution < -0.4 is 5.43 Å². The van der Waals surface area contributed by atoms with Crippen LogP contribution in [-0.2, 0) is 9.53 Å². The minimum absolute atomic E-state index is 0.0154. The van der Waals surface area contributed by atoms with E-state index < -0.39 is 10.9 Å². The van der Waals surface area contributed by atoms with Crippen LogP contribution in [0.3, 0.4) is 0 Å². The molecular weight excluding hydrogens is 306 g/mol. The largest absolute Gasteiger partial charge is 0.461 e. The second kappa shape index (κ2) is 7.32. The molecule has 2 aromatic rings. The van der Waals surface area contributed by atoms with Gasteiger partial charge in [-0.3, -0.25) is 15.5 Å². The lowest BCUT2D eigenvalue weighted by Gasteiger charge is -2.05. The average molecular weight is 319 g/mol. The number of benzene rings is 1. The van der Waals surface area contributed by atoms with E-state index in [1.807, 2.05) is 5.38 Å². The van der Waals surface area contributed by atoms with Crippen molar-refractivity contribution in [2.45, 2.75) is 6.92 Å². The topological polar surface area (TPSA) is 93.8 Å². The van der Waals surface area contributed by atoms with Crippen molar-refractivity contribution in [2.75, 3.05) is 12.0 Å². The first kappa shape index (κ1) is 15.6. The Labute approximate surface area is 130 Å². The predicted octanol–water partition coefficient (Wildman–Crippen LogP) is 3.04. The van der Waals surface area contributed by atoms with Gasteiger partial charge in [-0.1, -0.05) is 6.07 Å². The summed E-state index contributed by atoms with van der Waals surface area (Å²) in [6.07, 6.45) is 0. The third-order valence-electron chi connectivity index (χ3n) is 2.60. The number of ether oxygens (including phenoxy) is 1. The number of carbonyl (C=O) groups excluding carboxylic acids is 1. The smallest absolute Gasteiger partial charge is 0.360 e. The summed E-state index contributed by atoms with van der Waals surface area (Å²) in [7, 11) is 0. The maximum Gasteiger partial charge on any atom is 0.360 e. The number of carbonyl (C=O) groups is 1. The Kier molecular flexibility index (Phi) is 5.21. The third-order valence-corrected chi connectivity index (χ3v) is 3.47. The number of esters is 1. The summed E-state index contributed by atoms with van der Waals surface area (Å²) in [4.78, 5) is 22.7. The van der Waals surface area contributed by atoms with Crippen molar-refractivity contribution in [3.8, 4) is 0 Å². The number of rotatable bonds is 6. The van der Waals surface area contributed by atoms with Crippen molar-refractivity contribution in [3.05, 3.63) is 56.8 Å². The monoisotopic (exact) mass is 319 g/mol. The molecule has 114 valence electrons. The molecule has 0 saturated heterocycles. The molecule has 0 aliphatic carbocycles. The lowest BCUT2D eigenvalue weighted by Crippen LogP contribution is -2.19. The summed E-state index contributed by atoms with van der Waals surface area (Å²) in [6.45, 7) is 1.97. The first-order chi connectivity index (χ1) is 10.6. The van der Waals surface area contributed by atoms with Crippen molar-refractivity contribution in [3.63, 3.8) is 0 Å². The third kappa shape index (κ3) is 3.89. The molecule has 0 radical (unpaired) electrons. The molecule has 2 rings (SSSR count). The molecule has 0 atom stereocenters. The van der Waals surface area contributed by atoms with Gasteiger partial charge < -0.3 is 4.74 Å². The van der Waals surface area contributed by atoms with Crippen LogP contribution in [0.1, 0.15) is 11.8 Å². The zero-order valence-electron chi connectivity index (χ0n) is 11.7. The molecule has 0 amide bonds.